The lowest BCUT2D eigenvalue weighted by Gasteiger charge is -2.17. The highest BCUT2D eigenvalue weighted by Crippen LogP contribution is 2.32. The van der Waals surface area contributed by atoms with Gasteiger partial charge in [-0.25, -0.2) is 8.42 Å². The molecule has 0 N–H and O–H groups in total. The number of hydrogen-bond donors (Lipinski definition) is 0. The van der Waals surface area contributed by atoms with Gasteiger partial charge in [0.15, 0.2) is 9.84 Å². The molecule has 2 atom stereocenters. The molecule has 0 saturated carbocycles. The maximum atomic E-state index is 12.4. The Hall–Kier alpha value is -2.67. The lowest BCUT2D eigenvalue weighted by molar-refractivity contribution is -0.138. The zero-order valence-corrected chi connectivity index (χ0v) is 17.3. The summed E-state index contributed by atoms with van der Waals surface area (Å²) >= 11 is 0. The molecule has 154 valence electrons. The minimum Gasteiger partial charge on any atom is -0.426 e. The molecule has 1 saturated heterocycles. The van der Waals surface area contributed by atoms with Crippen LogP contribution in [0.4, 0.5) is 0 Å². The number of para-hydroxylation sites is 2. The van der Waals surface area contributed by atoms with Crippen LogP contribution in [0.25, 0.3) is 0 Å². The molecular weight excluding hydrogens is 392 g/mol. The van der Waals surface area contributed by atoms with Gasteiger partial charge in [0.1, 0.15) is 11.5 Å². The molecule has 1 aliphatic rings. The molecule has 29 heavy (non-hydrogen) atoms. The van der Waals surface area contributed by atoms with Crippen LogP contribution in [-0.2, 0) is 19.4 Å². The maximum absolute atomic E-state index is 12.4. The van der Waals surface area contributed by atoms with E-state index >= 15 is 0 Å². The average Bonchev–Trinajstić information content (AvgIpc) is 2.92. The number of sulfone groups is 1. The second kappa shape index (κ2) is 8.78. The monoisotopic (exact) mass is 416 g/mol. The van der Waals surface area contributed by atoms with Crippen molar-refractivity contribution in [2.24, 2.45) is 11.8 Å². The Morgan fingerprint density at radius 3 is 1.55 bits per heavy atom. The molecule has 0 unspecified atom stereocenters. The van der Waals surface area contributed by atoms with Crippen molar-refractivity contribution in [2.45, 2.75) is 26.7 Å². The third kappa shape index (κ3) is 5.67. The highest BCUT2D eigenvalue weighted by Gasteiger charge is 2.40. The second-order valence-corrected chi connectivity index (χ2v) is 9.64. The van der Waals surface area contributed by atoms with Crippen LogP contribution in [0.3, 0.4) is 0 Å². The van der Waals surface area contributed by atoms with E-state index < -0.39 is 33.6 Å². The van der Waals surface area contributed by atoms with Crippen molar-refractivity contribution in [3.05, 3.63) is 59.7 Å². The van der Waals surface area contributed by atoms with Crippen LogP contribution < -0.4 is 9.47 Å². The fraction of sp³-hybridized carbons (Fsp3) is 0.364. The third-order valence-corrected chi connectivity index (χ3v) is 6.97. The highest BCUT2D eigenvalue weighted by molar-refractivity contribution is 7.91. The van der Waals surface area contributed by atoms with E-state index in [9.17, 15) is 18.0 Å². The van der Waals surface area contributed by atoms with E-state index in [-0.39, 0.29) is 24.3 Å². The van der Waals surface area contributed by atoms with Gasteiger partial charge in [-0.2, -0.15) is 0 Å². The van der Waals surface area contributed by atoms with Gasteiger partial charge in [0.25, 0.3) is 0 Å². The van der Waals surface area contributed by atoms with Gasteiger partial charge in [-0.15, -0.1) is 0 Å². The number of ether oxygens (including phenoxy) is 2. The van der Waals surface area contributed by atoms with Crippen LogP contribution in [0.5, 0.6) is 11.5 Å². The summed E-state index contributed by atoms with van der Waals surface area (Å²) in [5.74, 6) is -1.29. The van der Waals surface area contributed by atoms with Crippen LogP contribution in [-0.4, -0.2) is 31.9 Å². The first-order chi connectivity index (χ1) is 13.7. The molecule has 0 aromatic heterocycles. The third-order valence-electron chi connectivity index (χ3n) is 5.10. The van der Waals surface area contributed by atoms with Crippen LogP contribution >= 0.6 is 0 Å². The predicted molar refractivity (Wildman–Crippen MR) is 108 cm³/mol. The second-order valence-electron chi connectivity index (χ2n) is 7.48. The normalized spacial score (nSPS) is 20.2. The van der Waals surface area contributed by atoms with E-state index in [4.69, 9.17) is 9.47 Å². The van der Waals surface area contributed by atoms with Crippen molar-refractivity contribution in [1.82, 2.24) is 0 Å². The van der Waals surface area contributed by atoms with Crippen molar-refractivity contribution < 1.29 is 27.5 Å². The molecule has 3 rings (SSSR count). The van der Waals surface area contributed by atoms with Gasteiger partial charge in [0.2, 0.25) is 0 Å². The Balaban J connectivity index is 1.64. The molecule has 2 aromatic carbocycles. The largest absolute Gasteiger partial charge is 0.426 e. The Kier molecular flexibility index (Phi) is 6.37. The SMILES string of the molecule is Cc1ccccc1OC(=O)C[C@H]1CS(=O)(=O)C[C@@H]1CC(=O)Oc1ccccc1C. The zero-order valence-electron chi connectivity index (χ0n) is 16.5. The van der Waals surface area contributed by atoms with E-state index in [2.05, 4.69) is 0 Å². The molecule has 7 heteroatoms. The van der Waals surface area contributed by atoms with Crippen molar-refractivity contribution >= 4 is 21.8 Å². The molecule has 0 radical (unpaired) electrons. The first-order valence-corrected chi connectivity index (χ1v) is 11.3. The summed E-state index contributed by atoms with van der Waals surface area (Å²) in [4.78, 5) is 24.7. The molecule has 0 aliphatic carbocycles. The molecule has 1 aliphatic heterocycles. The fourth-order valence-corrected chi connectivity index (χ4v) is 5.76. The summed E-state index contributed by atoms with van der Waals surface area (Å²) in [6.45, 7) is 3.65. The van der Waals surface area contributed by atoms with E-state index in [1.807, 2.05) is 38.1 Å². The quantitative estimate of drug-likeness (QED) is 0.531. The molecule has 0 spiro atoms. The summed E-state index contributed by atoms with van der Waals surface area (Å²) in [6.07, 6.45) is -0.119. The topological polar surface area (TPSA) is 86.7 Å². The number of benzene rings is 2. The lowest BCUT2D eigenvalue weighted by atomic mass is 9.90. The van der Waals surface area contributed by atoms with Gasteiger partial charge in [-0.1, -0.05) is 36.4 Å². The van der Waals surface area contributed by atoms with Gasteiger partial charge < -0.3 is 9.47 Å². The number of carbonyl (C=O) groups is 2. The molecule has 1 fully saturated rings. The van der Waals surface area contributed by atoms with Gasteiger partial charge >= 0.3 is 11.9 Å². The van der Waals surface area contributed by atoms with E-state index in [0.29, 0.717) is 11.5 Å². The number of rotatable bonds is 6. The molecule has 0 bridgehead atoms. The predicted octanol–water partition coefficient (Wildman–Crippen LogP) is 3.26. The molecule has 1 heterocycles. The van der Waals surface area contributed by atoms with E-state index in [1.165, 1.54) is 0 Å². The van der Waals surface area contributed by atoms with Crippen LogP contribution in [0.15, 0.2) is 48.5 Å². The Bertz CT molecular complexity index is 936. The van der Waals surface area contributed by atoms with Crippen LogP contribution in [0, 0.1) is 25.7 Å². The Labute approximate surface area is 170 Å². The summed E-state index contributed by atoms with van der Waals surface area (Å²) in [6, 6.07) is 14.2. The first-order valence-electron chi connectivity index (χ1n) is 9.46. The molecule has 2 aromatic rings. The number of carbonyl (C=O) groups excluding carboxylic acids is 2. The van der Waals surface area contributed by atoms with Gasteiger partial charge in [0.05, 0.1) is 24.3 Å². The molecule has 6 nitrogen and oxygen atoms in total. The summed E-state index contributed by atoms with van der Waals surface area (Å²) in [5, 5.41) is 0. The van der Waals surface area contributed by atoms with Crippen molar-refractivity contribution in [3.8, 4) is 11.5 Å². The maximum Gasteiger partial charge on any atom is 0.311 e. The lowest BCUT2D eigenvalue weighted by Crippen LogP contribution is -2.24. The van der Waals surface area contributed by atoms with Gasteiger partial charge in [-0.05, 0) is 48.9 Å². The van der Waals surface area contributed by atoms with Crippen molar-refractivity contribution in [3.63, 3.8) is 0 Å². The van der Waals surface area contributed by atoms with Crippen molar-refractivity contribution in [1.29, 1.82) is 0 Å². The van der Waals surface area contributed by atoms with Crippen LogP contribution in [0.1, 0.15) is 24.0 Å². The van der Waals surface area contributed by atoms with E-state index in [1.54, 1.807) is 24.3 Å². The van der Waals surface area contributed by atoms with Gasteiger partial charge in [-0.3, -0.25) is 9.59 Å². The summed E-state index contributed by atoms with van der Waals surface area (Å²) < 4.78 is 35.1. The van der Waals surface area contributed by atoms with Crippen LogP contribution in [0.2, 0.25) is 0 Å². The Morgan fingerprint density at radius 1 is 0.793 bits per heavy atom. The standard InChI is InChI=1S/C22H24O6S/c1-15-7-3-5-9-19(15)27-21(23)11-17-13-29(25,26)14-18(17)12-22(24)28-20-10-6-4-8-16(20)2/h3-10,17-18H,11-14H2,1-2H3/t17-,18-/m0/s1. The smallest absolute Gasteiger partial charge is 0.311 e. The summed E-state index contributed by atoms with van der Waals surface area (Å²) in [7, 11) is -3.31. The van der Waals surface area contributed by atoms with Gasteiger partial charge in [0, 0.05) is 0 Å². The number of esters is 2. The number of hydrogen-bond acceptors (Lipinski definition) is 6. The van der Waals surface area contributed by atoms with E-state index in [0.717, 1.165) is 11.1 Å². The molecule has 0 amide bonds. The number of aryl methyl sites for hydroxylation is 2. The first kappa shape index (κ1) is 21.0. The minimum atomic E-state index is -3.31. The fourth-order valence-electron chi connectivity index (χ4n) is 3.54. The summed E-state index contributed by atoms with van der Waals surface area (Å²) in [5.41, 5.74) is 1.64. The highest BCUT2D eigenvalue weighted by atomic mass is 32.2. The van der Waals surface area contributed by atoms with Crippen molar-refractivity contribution in [2.75, 3.05) is 11.5 Å². The Morgan fingerprint density at radius 2 is 1.17 bits per heavy atom. The molecular formula is C22H24O6S. The average molecular weight is 416 g/mol. The minimum absolute atomic E-state index is 0.0596. The zero-order chi connectivity index (χ0) is 21.0.